The quantitative estimate of drug-likeness (QED) is 0.793. The first-order valence-corrected chi connectivity index (χ1v) is 5.35. The zero-order valence-corrected chi connectivity index (χ0v) is 9.65. The predicted molar refractivity (Wildman–Crippen MR) is 54.7 cm³/mol. The van der Waals surface area contributed by atoms with Gasteiger partial charge >= 0.3 is 0 Å². The normalized spacial score (nSPS) is 10.5. The third-order valence-electron chi connectivity index (χ3n) is 1.61. The van der Waals surface area contributed by atoms with E-state index < -0.39 is 0 Å². The molecule has 0 unspecified atom stereocenters. The van der Waals surface area contributed by atoms with E-state index in [0.717, 1.165) is 15.8 Å². The number of unbranched alkanes of at least 4 members (excludes halogenated alkanes) is 1. The second-order valence-electron chi connectivity index (χ2n) is 2.48. The highest BCUT2D eigenvalue weighted by Crippen LogP contribution is 2.20. The van der Waals surface area contributed by atoms with E-state index in [-0.39, 0.29) is 0 Å². The summed E-state index contributed by atoms with van der Waals surface area (Å²) in [6, 6.07) is 4.11. The minimum Gasteiger partial charge on any atom is -0.330 e. The van der Waals surface area contributed by atoms with Gasteiger partial charge in [-0.05, 0) is 50.4 Å². The molecular weight excluding hydrogens is 270 g/mol. The van der Waals surface area contributed by atoms with Crippen molar-refractivity contribution in [2.75, 3.05) is 0 Å². The molecule has 0 amide bonds. The van der Waals surface area contributed by atoms with Crippen molar-refractivity contribution in [1.82, 2.24) is 4.57 Å². The van der Waals surface area contributed by atoms with Crippen molar-refractivity contribution < 1.29 is 0 Å². The highest BCUT2D eigenvalue weighted by atomic mass is 79.9. The lowest BCUT2D eigenvalue weighted by Crippen LogP contribution is -1.97. The number of rotatable bonds is 3. The first kappa shape index (κ1) is 9.33. The van der Waals surface area contributed by atoms with Gasteiger partial charge in [-0.15, -0.1) is 0 Å². The molecule has 1 aromatic heterocycles. The number of nitrogens with zero attached hydrogens (tertiary/aromatic N) is 1. The highest BCUT2D eigenvalue weighted by Gasteiger charge is 2.00. The molecule has 0 aliphatic rings. The Morgan fingerprint density at radius 2 is 1.82 bits per heavy atom. The molecule has 3 heteroatoms. The summed E-state index contributed by atoms with van der Waals surface area (Å²) in [6.45, 7) is 3.29. The van der Waals surface area contributed by atoms with Gasteiger partial charge in [0, 0.05) is 6.54 Å². The van der Waals surface area contributed by atoms with Crippen molar-refractivity contribution in [3.8, 4) is 0 Å². The van der Waals surface area contributed by atoms with Crippen LogP contribution in [0.3, 0.4) is 0 Å². The molecular formula is C8H11Br2N. The van der Waals surface area contributed by atoms with Crippen molar-refractivity contribution in [3.05, 3.63) is 21.3 Å². The topological polar surface area (TPSA) is 4.93 Å². The molecule has 0 N–H and O–H groups in total. The van der Waals surface area contributed by atoms with Gasteiger partial charge in [0.2, 0.25) is 0 Å². The van der Waals surface area contributed by atoms with Crippen LogP contribution >= 0.6 is 31.9 Å². The largest absolute Gasteiger partial charge is 0.330 e. The minimum absolute atomic E-state index is 1.09. The zero-order chi connectivity index (χ0) is 8.27. The molecule has 0 aromatic carbocycles. The third kappa shape index (κ3) is 2.34. The predicted octanol–water partition coefficient (Wildman–Crippen LogP) is 3.81. The van der Waals surface area contributed by atoms with Gasteiger partial charge in [-0.25, -0.2) is 0 Å². The van der Waals surface area contributed by atoms with Crippen molar-refractivity contribution in [2.45, 2.75) is 26.3 Å². The molecule has 0 fully saturated rings. The van der Waals surface area contributed by atoms with Gasteiger partial charge in [0.25, 0.3) is 0 Å². The lowest BCUT2D eigenvalue weighted by atomic mass is 10.3. The standard InChI is InChI=1S/C8H11Br2N/c1-2-3-6-11-7(9)4-5-8(11)10/h4-5H,2-3,6H2,1H3. The van der Waals surface area contributed by atoms with Crippen LogP contribution in [0.25, 0.3) is 0 Å². The van der Waals surface area contributed by atoms with E-state index in [0.29, 0.717) is 0 Å². The van der Waals surface area contributed by atoms with Crippen LogP contribution in [0.1, 0.15) is 19.8 Å². The van der Waals surface area contributed by atoms with Crippen LogP contribution in [-0.4, -0.2) is 4.57 Å². The van der Waals surface area contributed by atoms with Gasteiger partial charge in [-0.1, -0.05) is 13.3 Å². The van der Waals surface area contributed by atoms with Crippen molar-refractivity contribution in [2.24, 2.45) is 0 Å². The monoisotopic (exact) mass is 279 g/mol. The van der Waals surface area contributed by atoms with Crippen LogP contribution in [0, 0.1) is 0 Å². The Morgan fingerprint density at radius 3 is 2.27 bits per heavy atom. The summed E-state index contributed by atoms with van der Waals surface area (Å²) in [4.78, 5) is 0. The molecule has 0 spiro atoms. The van der Waals surface area contributed by atoms with E-state index in [1.807, 2.05) is 0 Å². The number of halogens is 2. The van der Waals surface area contributed by atoms with Crippen molar-refractivity contribution in [3.63, 3.8) is 0 Å². The van der Waals surface area contributed by atoms with Gasteiger partial charge in [-0.3, -0.25) is 0 Å². The van der Waals surface area contributed by atoms with E-state index in [2.05, 4.69) is 55.5 Å². The summed E-state index contributed by atoms with van der Waals surface area (Å²) in [5.74, 6) is 0. The third-order valence-corrected chi connectivity index (χ3v) is 2.99. The fourth-order valence-electron chi connectivity index (χ4n) is 0.949. The molecule has 62 valence electrons. The molecule has 0 saturated heterocycles. The lowest BCUT2D eigenvalue weighted by Gasteiger charge is -2.04. The van der Waals surface area contributed by atoms with Crippen molar-refractivity contribution >= 4 is 31.9 Å². The molecule has 0 radical (unpaired) electrons. The van der Waals surface area contributed by atoms with E-state index in [1.165, 1.54) is 12.8 Å². The molecule has 0 aliphatic carbocycles. The molecule has 1 aromatic rings. The van der Waals surface area contributed by atoms with Crippen molar-refractivity contribution in [1.29, 1.82) is 0 Å². The number of hydrogen-bond donors (Lipinski definition) is 0. The first-order chi connectivity index (χ1) is 5.25. The van der Waals surface area contributed by atoms with Gasteiger partial charge < -0.3 is 4.57 Å². The van der Waals surface area contributed by atoms with Gasteiger partial charge in [0.05, 0.1) is 9.21 Å². The summed E-state index contributed by atoms with van der Waals surface area (Å²) >= 11 is 6.96. The van der Waals surface area contributed by atoms with Crippen LogP contribution < -0.4 is 0 Å². The van der Waals surface area contributed by atoms with Gasteiger partial charge in [0.1, 0.15) is 0 Å². The van der Waals surface area contributed by atoms with E-state index in [4.69, 9.17) is 0 Å². The van der Waals surface area contributed by atoms with Gasteiger partial charge in [-0.2, -0.15) is 0 Å². The van der Waals surface area contributed by atoms with Gasteiger partial charge in [0.15, 0.2) is 0 Å². The van der Waals surface area contributed by atoms with Crippen LogP contribution in [0.4, 0.5) is 0 Å². The second kappa shape index (κ2) is 4.31. The Balaban J connectivity index is 2.67. The summed E-state index contributed by atoms with van der Waals surface area (Å²) in [5.41, 5.74) is 0. The Kier molecular flexibility index (Phi) is 3.66. The number of aromatic nitrogens is 1. The maximum absolute atomic E-state index is 3.48. The molecule has 11 heavy (non-hydrogen) atoms. The molecule has 1 heterocycles. The molecule has 0 atom stereocenters. The number of hydrogen-bond acceptors (Lipinski definition) is 0. The maximum atomic E-state index is 3.48. The van der Waals surface area contributed by atoms with Crippen LogP contribution in [0.15, 0.2) is 21.3 Å². The minimum atomic E-state index is 1.09. The molecule has 0 saturated carbocycles. The summed E-state index contributed by atoms with van der Waals surface area (Å²) in [5, 5.41) is 0. The smallest absolute Gasteiger partial charge is 0.0855 e. The highest BCUT2D eigenvalue weighted by molar-refractivity contribution is 9.11. The van der Waals surface area contributed by atoms with E-state index in [1.54, 1.807) is 0 Å². The fourth-order valence-corrected chi connectivity index (χ4v) is 2.19. The summed E-state index contributed by atoms with van der Waals surface area (Å²) in [6.07, 6.45) is 2.46. The Labute approximate surface area is 84.0 Å². The lowest BCUT2D eigenvalue weighted by molar-refractivity contribution is 0.616. The van der Waals surface area contributed by atoms with E-state index >= 15 is 0 Å². The molecule has 1 rings (SSSR count). The first-order valence-electron chi connectivity index (χ1n) is 3.76. The maximum Gasteiger partial charge on any atom is 0.0855 e. The zero-order valence-electron chi connectivity index (χ0n) is 6.48. The average molecular weight is 281 g/mol. The fraction of sp³-hybridized carbons (Fsp3) is 0.500. The SMILES string of the molecule is CCCCn1c(Br)ccc1Br. The Bertz CT molecular complexity index is 210. The van der Waals surface area contributed by atoms with Crippen LogP contribution in [-0.2, 0) is 6.54 Å². The van der Waals surface area contributed by atoms with Crippen LogP contribution in [0.5, 0.6) is 0 Å². The second-order valence-corrected chi connectivity index (χ2v) is 4.11. The molecule has 1 nitrogen and oxygen atoms in total. The summed E-state index contributed by atoms with van der Waals surface area (Å²) in [7, 11) is 0. The van der Waals surface area contributed by atoms with E-state index in [9.17, 15) is 0 Å². The van der Waals surface area contributed by atoms with Crippen LogP contribution in [0.2, 0.25) is 0 Å². The molecule has 0 bridgehead atoms. The Morgan fingerprint density at radius 1 is 1.27 bits per heavy atom. The Hall–Kier alpha value is 0.240. The molecule has 0 aliphatic heterocycles. The summed E-state index contributed by atoms with van der Waals surface area (Å²) < 4.78 is 4.51. The average Bonchev–Trinajstić information content (AvgIpc) is 2.29.